The molecule has 0 heterocycles. The molecule has 23 heavy (non-hydrogen) atoms. The Morgan fingerprint density at radius 1 is 0.696 bits per heavy atom. The topological polar surface area (TPSA) is 74.6 Å². The van der Waals surface area contributed by atoms with Crippen LogP contribution in [0.15, 0.2) is 0 Å². The van der Waals surface area contributed by atoms with E-state index in [1.165, 1.54) is 38.5 Å². The monoisotopic (exact) mass is 328 g/mol. The molecule has 0 bridgehead atoms. The van der Waals surface area contributed by atoms with Crippen molar-refractivity contribution in [3.63, 3.8) is 0 Å². The maximum Gasteiger partial charge on any atom is 0.306 e. The third-order valence-electron chi connectivity index (χ3n) is 4.53. The first kappa shape index (κ1) is 21.9. The average Bonchev–Trinajstić information content (AvgIpc) is 2.46. The van der Waals surface area contributed by atoms with Gasteiger partial charge in [0.15, 0.2) is 0 Å². The molecule has 4 nitrogen and oxygen atoms in total. The Kier molecular flexibility index (Phi) is 13.9. The lowest BCUT2D eigenvalue weighted by Crippen LogP contribution is -2.19. The highest BCUT2D eigenvalue weighted by atomic mass is 16.4. The van der Waals surface area contributed by atoms with Crippen LogP contribution in [0.25, 0.3) is 0 Å². The molecular weight excluding hydrogens is 292 g/mol. The van der Waals surface area contributed by atoms with Gasteiger partial charge in [-0.1, -0.05) is 78.1 Å². The molecule has 136 valence electrons. The third-order valence-corrected chi connectivity index (χ3v) is 4.53. The second-order valence-corrected chi connectivity index (χ2v) is 7.01. The minimum atomic E-state index is -0.687. The van der Waals surface area contributed by atoms with E-state index in [-0.39, 0.29) is 11.8 Å². The Balaban J connectivity index is 3.27. The second kappa shape index (κ2) is 14.5. The van der Waals surface area contributed by atoms with E-state index >= 15 is 0 Å². The van der Waals surface area contributed by atoms with Gasteiger partial charge in [0.05, 0.1) is 5.92 Å². The van der Waals surface area contributed by atoms with Crippen molar-refractivity contribution in [1.29, 1.82) is 0 Å². The van der Waals surface area contributed by atoms with Crippen LogP contribution in [-0.2, 0) is 9.59 Å². The standard InChI is InChI=1S/C19H36O4/c1-16(2)17(19(22)23)14-12-10-8-6-4-3-5-7-9-11-13-15-18(20)21/h16-17H,3-15H2,1-2H3,(H,20,21)(H,22,23). The van der Waals surface area contributed by atoms with Crippen molar-refractivity contribution in [2.24, 2.45) is 11.8 Å². The van der Waals surface area contributed by atoms with Crippen LogP contribution < -0.4 is 0 Å². The van der Waals surface area contributed by atoms with Crippen LogP contribution in [0.4, 0.5) is 0 Å². The summed E-state index contributed by atoms with van der Waals surface area (Å²) >= 11 is 0. The van der Waals surface area contributed by atoms with Crippen molar-refractivity contribution in [3.8, 4) is 0 Å². The lowest BCUT2D eigenvalue weighted by Gasteiger charge is -2.15. The highest BCUT2D eigenvalue weighted by Crippen LogP contribution is 2.20. The van der Waals surface area contributed by atoms with Gasteiger partial charge in [-0.05, 0) is 18.8 Å². The van der Waals surface area contributed by atoms with Crippen LogP contribution in [-0.4, -0.2) is 22.2 Å². The molecule has 0 aliphatic carbocycles. The van der Waals surface area contributed by atoms with Gasteiger partial charge in [-0.15, -0.1) is 0 Å². The van der Waals surface area contributed by atoms with E-state index < -0.39 is 11.9 Å². The van der Waals surface area contributed by atoms with E-state index in [0.29, 0.717) is 6.42 Å². The molecule has 0 rings (SSSR count). The quantitative estimate of drug-likeness (QED) is 0.367. The molecule has 0 aliphatic rings. The number of hydrogen-bond acceptors (Lipinski definition) is 2. The molecule has 4 heteroatoms. The summed E-state index contributed by atoms with van der Waals surface area (Å²) in [5.74, 6) is -1.30. The summed E-state index contributed by atoms with van der Waals surface area (Å²) in [6, 6.07) is 0. The van der Waals surface area contributed by atoms with Gasteiger partial charge in [-0.2, -0.15) is 0 Å². The van der Waals surface area contributed by atoms with Crippen molar-refractivity contribution in [1.82, 2.24) is 0 Å². The first-order valence-electron chi connectivity index (χ1n) is 9.39. The third kappa shape index (κ3) is 14.3. The first-order chi connectivity index (χ1) is 10.9. The fraction of sp³-hybridized carbons (Fsp3) is 0.895. The number of hydrogen-bond donors (Lipinski definition) is 2. The minimum absolute atomic E-state index is 0.184. The number of carbonyl (C=O) groups is 2. The van der Waals surface area contributed by atoms with Gasteiger partial charge in [-0.3, -0.25) is 9.59 Å². The highest BCUT2D eigenvalue weighted by molar-refractivity contribution is 5.70. The Hall–Kier alpha value is -1.06. The molecule has 0 aromatic heterocycles. The molecule has 1 atom stereocenters. The summed E-state index contributed by atoms with van der Waals surface area (Å²) in [4.78, 5) is 21.4. The number of aliphatic carboxylic acids is 2. The zero-order chi connectivity index (χ0) is 17.5. The van der Waals surface area contributed by atoms with Gasteiger partial charge in [0.1, 0.15) is 0 Å². The molecule has 1 unspecified atom stereocenters. The van der Waals surface area contributed by atoms with Crippen molar-refractivity contribution < 1.29 is 19.8 Å². The van der Waals surface area contributed by atoms with Gasteiger partial charge in [0, 0.05) is 6.42 Å². The highest BCUT2D eigenvalue weighted by Gasteiger charge is 2.20. The van der Waals surface area contributed by atoms with Crippen LogP contribution in [0.2, 0.25) is 0 Å². The van der Waals surface area contributed by atoms with Crippen LogP contribution in [0.1, 0.15) is 97.3 Å². The van der Waals surface area contributed by atoms with E-state index in [4.69, 9.17) is 10.2 Å². The van der Waals surface area contributed by atoms with Crippen LogP contribution in [0, 0.1) is 11.8 Å². The first-order valence-corrected chi connectivity index (χ1v) is 9.39. The minimum Gasteiger partial charge on any atom is -0.481 e. The number of carboxylic acids is 2. The molecule has 0 amide bonds. The second-order valence-electron chi connectivity index (χ2n) is 7.01. The summed E-state index contributed by atoms with van der Waals surface area (Å²) in [5.41, 5.74) is 0. The van der Waals surface area contributed by atoms with E-state index in [0.717, 1.165) is 38.5 Å². The van der Waals surface area contributed by atoms with Gasteiger partial charge >= 0.3 is 11.9 Å². The largest absolute Gasteiger partial charge is 0.481 e. The molecule has 0 aromatic carbocycles. The molecule has 0 aliphatic heterocycles. The Labute approximate surface area is 141 Å². The summed E-state index contributed by atoms with van der Waals surface area (Å²) in [6.45, 7) is 3.97. The van der Waals surface area contributed by atoms with E-state index in [9.17, 15) is 9.59 Å². The van der Waals surface area contributed by atoms with Gasteiger partial charge < -0.3 is 10.2 Å². The molecular formula is C19H36O4. The lowest BCUT2D eigenvalue weighted by molar-refractivity contribution is -0.143. The Bertz CT molecular complexity index is 312. The van der Waals surface area contributed by atoms with Gasteiger partial charge in [-0.25, -0.2) is 0 Å². The maximum absolute atomic E-state index is 11.1. The zero-order valence-corrected chi connectivity index (χ0v) is 15.1. The number of unbranched alkanes of at least 4 members (excludes halogenated alkanes) is 10. The SMILES string of the molecule is CC(C)C(CCCCCCCCCCCCCC(=O)O)C(=O)O. The molecule has 0 saturated heterocycles. The zero-order valence-electron chi connectivity index (χ0n) is 15.1. The van der Waals surface area contributed by atoms with Gasteiger partial charge in [0.2, 0.25) is 0 Å². The normalized spacial score (nSPS) is 12.5. The van der Waals surface area contributed by atoms with Crippen molar-refractivity contribution >= 4 is 11.9 Å². The predicted octanol–water partition coefficient (Wildman–Crippen LogP) is 5.50. The molecule has 0 saturated carbocycles. The molecule has 0 fully saturated rings. The maximum atomic E-state index is 11.1. The predicted molar refractivity (Wildman–Crippen MR) is 93.6 cm³/mol. The summed E-state index contributed by atoms with van der Waals surface area (Å²) in [5, 5.41) is 17.6. The van der Waals surface area contributed by atoms with Crippen molar-refractivity contribution in [2.45, 2.75) is 97.3 Å². The number of rotatable bonds is 16. The fourth-order valence-electron chi connectivity index (χ4n) is 2.97. The average molecular weight is 328 g/mol. The molecule has 0 spiro atoms. The molecule has 0 radical (unpaired) electrons. The summed E-state index contributed by atoms with van der Waals surface area (Å²) in [6.07, 6.45) is 13.7. The van der Waals surface area contributed by atoms with E-state index in [1.807, 2.05) is 13.8 Å². The van der Waals surface area contributed by atoms with Crippen LogP contribution in [0.3, 0.4) is 0 Å². The van der Waals surface area contributed by atoms with Crippen molar-refractivity contribution in [3.05, 3.63) is 0 Å². The lowest BCUT2D eigenvalue weighted by atomic mass is 9.90. The smallest absolute Gasteiger partial charge is 0.306 e. The molecule has 2 N–H and O–H groups in total. The summed E-state index contributed by atoms with van der Waals surface area (Å²) < 4.78 is 0. The van der Waals surface area contributed by atoms with Crippen LogP contribution >= 0.6 is 0 Å². The molecule has 0 aromatic rings. The number of carboxylic acid groups (broad SMARTS) is 2. The van der Waals surface area contributed by atoms with E-state index in [2.05, 4.69) is 0 Å². The Morgan fingerprint density at radius 2 is 1.09 bits per heavy atom. The van der Waals surface area contributed by atoms with Crippen LogP contribution in [0.5, 0.6) is 0 Å². The summed E-state index contributed by atoms with van der Waals surface area (Å²) in [7, 11) is 0. The fourth-order valence-corrected chi connectivity index (χ4v) is 2.97. The van der Waals surface area contributed by atoms with Gasteiger partial charge in [0.25, 0.3) is 0 Å². The van der Waals surface area contributed by atoms with E-state index in [1.54, 1.807) is 0 Å². The van der Waals surface area contributed by atoms with Crippen molar-refractivity contribution in [2.75, 3.05) is 0 Å². The Morgan fingerprint density at radius 3 is 1.43 bits per heavy atom.